The predicted octanol–water partition coefficient (Wildman–Crippen LogP) is 1.69. The number of H-pyrrole nitrogens is 1. The van der Waals surface area contributed by atoms with Crippen LogP contribution in [0.1, 0.15) is 6.42 Å². The Kier molecular flexibility index (Phi) is 3.73. The fourth-order valence-corrected chi connectivity index (χ4v) is 2.88. The van der Waals surface area contributed by atoms with E-state index in [2.05, 4.69) is 15.0 Å². The highest BCUT2D eigenvalue weighted by atomic mass is 35.5. The molecule has 0 aliphatic carbocycles. The van der Waals surface area contributed by atoms with E-state index in [1.54, 1.807) is 12.3 Å². The van der Waals surface area contributed by atoms with Gasteiger partial charge in [-0.25, -0.2) is 9.78 Å². The summed E-state index contributed by atoms with van der Waals surface area (Å²) >= 11 is 5.96. The highest BCUT2D eigenvalue weighted by Gasteiger charge is 2.31. The van der Waals surface area contributed by atoms with Crippen LogP contribution in [-0.4, -0.2) is 56.7 Å². The fraction of sp³-hybridized carbons (Fsp3) is 0.385. The van der Waals surface area contributed by atoms with Gasteiger partial charge < -0.3 is 19.9 Å². The minimum atomic E-state index is -1.01. The second kappa shape index (κ2) is 5.69. The molecule has 1 aliphatic heterocycles. The van der Waals surface area contributed by atoms with Crippen molar-refractivity contribution < 1.29 is 9.90 Å². The summed E-state index contributed by atoms with van der Waals surface area (Å²) in [5, 5.41) is 18.3. The average molecular weight is 321 g/mol. The van der Waals surface area contributed by atoms with Crippen LogP contribution in [-0.2, 0) is 0 Å². The predicted molar refractivity (Wildman–Crippen MR) is 79.9 cm³/mol. The lowest BCUT2D eigenvalue weighted by Crippen LogP contribution is -2.55. The van der Waals surface area contributed by atoms with E-state index in [9.17, 15) is 9.90 Å². The lowest BCUT2D eigenvalue weighted by atomic mass is 10.1. The maximum absolute atomic E-state index is 11.3. The summed E-state index contributed by atoms with van der Waals surface area (Å²) in [6, 6.07) is 3.44. The largest absolute Gasteiger partial charge is 0.465 e. The van der Waals surface area contributed by atoms with Crippen LogP contribution in [0.4, 0.5) is 10.6 Å². The van der Waals surface area contributed by atoms with Crippen molar-refractivity contribution in [1.29, 1.82) is 5.26 Å². The number of amides is 1. The van der Waals surface area contributed by atoms with Gasteiger partial charge in [-0.05, 0) is 17.7 Å². The first-order valence-electron chi connectivity index (χ1n) is 6.72. The number of aromatic amines is 1. The second-order valence-electron chi connectivity index (χ2n) is 4.99. The quantitative estimate of drug-likeness (QED) is 0.815. The number of rotatable bonds is 2. The zero-order chi connectivity index (χ0) is 15.7. The van der Waals surface area contributed by atoms with Crippen LogP contribution < -0.4 is 4.90 Å². The number of nitrogens with zero attached hydrogens (tertiary/aromatic N) is 5. The van der Waals surface area contributed by atoms with Crippen molar-refractivity contribution in [3.8, 4) is 6.07 Å². The molecule has 0 bridgehead atoms. The monoisotopic (exact) mass is 320 g/mol. The molecule has 0 aromatic carbocycles. The van der Waals surface area contributed by atoms with Gasteiger partial charge in [-0.2, -0.15) is 10.2 Å². The number of fused-ring (bicyclic) bond motifs is 1. The van der Waals surface area contributed by atoms with E-state index >= 15 is 0 Å². The third-order valence-corrected chi connectivity index (χ3v) is 3.88. The second-order valence-corrected chi connectivity index (χ2v) is 5.33. The molecule has 0 radical (unpaired) electrons. The summed E-state index contributed by atoms with van der Waals surface area (Å²) in [5.74, 6) is 0.632. The lowest BCUT2D eigenvalue weighted by Gasteiger charge is -2.39. The van der Waals surface area contributed by atoms with E-state index in [1.807, 2.05) is 11.0 Å². The van der Waals surface area contributed by atoms with Gasteiger partial charge in [-0.15, -0.1) is 0 Å². The molecule has 1 atom stereocenters. The number of hydrogen-bond acceptors (Lipinski definition) is 5. The van der Waals surface area contributed by atoms with E-state index in [1.165, 1.54) is 4.90 Å². The normalized spacial score (nSPS) is 18.5. The molecule has 22 heavy (non-hydrogen) atoms. The Morgan fingerprint density at radius 1 is 1.55 bits per heavy atom. The van der Waals surface area contributed by atoms with Crippen LogP contribution in [0.25, 0.3) is 11.0 Å². The molecule has 3 heterocycles. The molecule has 114 valence electrons. The summed E-state index contributed by atoms with van der Waals surface area (Å²) < 4.78 is 0. The highest BCUT2D eigenvalue weighted by molar-refractivity contribution is 6.28. The van der Waals surface area contributed by atoms with E-state index in [0.717, 1.165) is 5.52 Å². The SMILES string of the molecule is N#CCC1CN(c2nc(Cl)nc3cc[nH]c23)CCN1C(=O)O. The smallest absolute Gasteiger partial charge is 0.407 e. The molecule has 1 fully saturated rings. The van der Waals surface area contributed by atoms with Gasteiger partial charge in [0.1, 0.15) is 5.52 Å². The maximum Gasteiger partial charge on any atom is 0.407 e. The molecule has 0 saturated carbocycles. The Hall–Kier alpha value is -2.53. The summed E-state index contributed by atoms with van der Waals surface area (Å²) in [5.41, 5.74) is 1.45. The number of hydrogen-bond donors (Lipinski definition) is 2. The summed E-state index contributed by atoms with van der Waals surface area (Å²) in [6.45, 7) is 1.18. The lowest BCUT2D eigenvalue weighted by molar-refractivity contribution is 0.119. The highest BCUT2D eigenvalue weighted by Crippen LogP contribution is 2.26. The Morgan fingerprint density at radius 2 is 2.36 bits per heavy atom. The Labute approximate surface area is 130 Å². The number of aromatic nitrogens is 3. The summed E-state index contributed by atoms with van der Waals surface area (Å²) in [4.78, 5) is 26.0. The molecule has 1 aliphatic rings. The van der Waals surface area contributed by atoms with Crippen LogP contribution >= 0.6 is 11.6 Å². The average Bonchev–Trinajstić information content (AvgIpc) is 2.94. The van der Waals surface area contributed by atoms with Gasteiger partial charge >= 0.3 is 6.09 Å². The van der Waals surface area contributed by atoms with Crippen molar-refractivity contribution in [2.75, 3.05) is 24.5 Å². The summed E-state index contributed by atoms with van der Waals surface area (Å²) in [7, 11) is 0. The number of nitrogens with one attached hydrogen (secondary N) is 1. The van der Waals surface area contributed by atoms with Crippen molar-refractivity contribution in [1.82, 2.24) is 19.9 Å². The number of nitriles is 1. The van der Waals surface area contributed by atoms with Gasteiger partial charge in [-0.3, -0.25) is 0 Å². The first-order valence-corrected chi connectivity index (χ1v) is 7.10. The molecular formula is C13H13ClN6O2. The molecule has 1 unspecified atom stereocenters. The Bertz CT molecular complexity index is 755. The van der Waals surface area contributed by atoms with Gasteiger partial charge in [0.25, 0.3) is 0 Å². The van der Waals surface area contributed by atoms with Crippen LogP contribution in [0.3, 0.4) is 0 Å². The van der Waals surface area contributed by atoms with Crippen LogP contribution in [0, 0.1) is 11.3 Å². The molecule has 2 N–H and O–H groups in total. The van der Waals surface area contributed by atoms with Crippen molar-refractivity contribution >= 4 is 34.5 Å². The fourth-order valence-electron chi connectivity index (χ4n) is 2.71. The molecule has 0 spiro atoms. The van der Waals surface area contributed by atoms with E-state index in [-0.39, 0.29) is 11.7 Å². The van der Waals surface area contributed by atoms with Crippen molar-refractivity contribution in [2.24, 2.45) is 0 Å². The molecule has 3 rings (SSSR count). The number of carbonyl (C=O) groups is 1. The van der Waals surface area contributed by atoms with E-state index in [0.29, 0.717) is 31.0 Å². The zero-order valence-corrected chi connectivity index (χ0v) is 12.3. The number of carboxylic acid groups (broad SMARTS) is 1. The molecule has 1 saturated heterocycles. The third kappa shape index (κ3) is 2.51. The maximum atomic E-state index is 11.3. The standard InChI is InChI=1S/C13H13ClN6O2/c14-12-17-9-2-4-16-10(9)11(18-12)19-5-6-20(13(21)22)8(7-19)1-3-15/h2,4,8,16H,1,5-7H2,(H,21,22). The van der Waals surface area contributed by atoms with Gasteiger partial charge in [0, 0.05) is 25.8 Å². The number of halogens is 1. The van der Waals surface area contributed by atoms with Gasteiger partial charge in [0.05, 0.1) is 24.0 Å². The first kappa shape index (κ1) is 14.4. The minimum absolute atomic E-state index is 0.134. The summed E-state index contributed by atoms with van der Waals surface area (Å²) in [6.07, 6.45) is 0.875. The molecule has 8 nitrogen and oxygen atoms in total. The van der Waals surface area contributed by atoms with Crippen molar-refractivity contribution in [3.05, 3.63) is 17.5 Å². The van der Waals surface area contributed by atoms with Crippen LogP contribution in [0.2, 0.25) is 5.28 Å². The topological polar surface area (TPSA) is 109 Å². The van der Waals surface area contributed by atoms with Crippen LogP contribution in [0.5, 0.6) is 0 Å². The molecule has 2 aromatic heterocycles. The first-order chi connectivity index (χ1) is 10.6. The van der Waals surface area contributed by atoms with Crippen molar-refractivity contribution in [2.45, 2.75) is 12.5 Å². The van der Waals surface area contributed by atoms with Crippen LogP contribution in [0.15, 0.2) is 12.3 Å². The minimum Gasteiger partial charge on any atom is -0.465 e. The van der Waals surface area contributed by atoms with Gasteiger partial charge in [0.2, 0.25) is 5.28 Å². The zero-order valence-electron chi connectivity index (χ0n) is 11.5. The van der Waals surface area contributed by atoms with Crippen molar-refractivity contribution in [3.63, 3.8) is 0 Å². The van der Waals surface area contributed by atoms with E-state index < -0.39 is 12.1 Å². The number of anilines is 1. The molecular weight excluding hydrogens is 308 g/mol. The molecule has 2 aromatic rings. The third-order valence-electron chi connectivity index (χ3n) is 3.71. The van der Waals surface area contributed by atoms with Gasteiger partial charge in [-0.1, -0.05) is 0 Å². The van der Waals surface area contributed by atoms with E-state index in [4.69, 9.17) is 16.9 Å². The Morgan fingerprint density at radius 3 is 3.09 bits per heavy atom. The number of piperazine rings is 1. The Balaban J connectivity index is 1.93. The molecule has 9 heteroatoms. The van der Waals surface area contributed by atoms with Gasteiger partial charge in [0.15, 0.2) is 5.82 Å². The molecule has 1 amide bonds.